The summed E-state index contributed by atoms with van der Waals surface area (Å²) in [6, 6.07) is 5.29. The lowest BCUT2D eigenvalue weighted by Crippen LogP contribution is -2.27. The summed E-state index contributed by atoms with van der Waals surface area (Å²) >= 11 is 0. The molecule has 1 aliphatic heterocycles. The molecule has 0 aromatic heterocycles. The van der Waals surface area contributed by atoms with Gasteiger partial charge in [-0.15, -0.1) is 0 Å². The minimum atomic E-state index is -0.936. The molecule has 0 atom stereocenters. The first-order valence-electron chi connectivity index (χ1n) is 8.36. The summed E-state index contributed by atoms with van der Waals surface area (Å²) in [5.41, 5.74) is 1.93. The number of carbonyl (C=O) groups excluding carboxylic acids is 1. The van der Waals surface area contributed by atoms with Crippen LogP contribution in [0.1, 0.15) is 54.0 Å². The molecular weight excluding hydrogens is 305 g/mol. The second-order valence-electron chi connectivity index (χ2n) is 6.62. The molecule has 6 heteroatoms. The van der Waals surface area contributed by atoms with Gasteiger partial charge in [0.05, 0.1) is 0 Å². The summed E-state index contributed by atoms with van der Waals surface area (Å²) in [7, 11) is -0.936. The minimum absolute atomic E-state index is 0.231. The number of fused-ring (bicyclic) bond motifs is 1. The highest BCUT2D eigenvalue weighted by molar-refractivity contribution is 6.52. The van der Waals surface area contributed by atoms with E-state index in [0.717, 1.165) is 11.1 Å². The Labute approximate surface area is 145 Å². The third kappa shape index (κ3) is 5.60. The first-order valence-corrected chi connectivity index (χ1v) is 8.36. The molecule has 0 unspecified atom stereocenters. The van der Waals surface area contributed by atoms with Crippen LogP contribution in [0.5, 0.6) is 5.75 Å². The molecular formula is C18H28BNO4. The molecule has 1 aromatic rings. The number of amides is 1. The Morgan fingerprint density at radius 2 is 1.92 bits per heavy atom. The molecule has 1 amide bonds. The molecule has 0 saturated carbocycles. The lowest BCUT2D eigenvalue weighted by molar-refractivity contribution is 0.0636. The lowest BCUT2D eigenvalue weighted by atomic mass is 9.78. The second-order valence-corrected chi connectivity index (χ2v) is 6.62. The number of allylic oxidation sites excluding steroid dienone is 1. The molecule has 5 nitrogen and oxygen atoms in total. The van der Waals surface area contributed by atoms with Crippen LogP contribution in [0.4, 0.5) is 10.5 Å². The largest absolute Gasteiger partial charge is 0.552 e. The van der Waals surface area contributed by atoms with Crippen molar-refractivity contribution >= 4 is 24.5 Å². The first-order chi connectivity index (χ1) is 11.2. The summed E-state index contributed by atoms with van der Waals surface area (Å²) in [5.74, 6) is 2.52. The van der Waals surface area contributed by atoms with Crippen molar-refractivity contribution in [3.63, 3.8) is 0 Å². The zero-order chi connectivity index (χ0) is 18.5. The summed E-state index contributed by atoms with van der Waals surface area (Å²) < 4.78 is 10.6. The number of ether oxygens (including phenoxy) is 1. The molecule has 0 bridgehead atoms. The average molecular weight is 333 g/mol. The van der Waals surface area contributed by atoms with Gasteiger partial charge in [-0.2, -0.15) is 0 Å². The molecule has 24 heavy (non-hydrogen) atoms. The zero-order valence-electron chi connectivity index (χ0n) is 15.6. The number of nitrogens with one attached hydrogen (secondary N) is 1. The van der Waals surface area contributed by atoms with Gasteiger partial charge < -0.3 is 14.4 Å². The quantitative estimate of drug-likeness (QED) is 0.781. The van der Waals surface area contributed by atoms with Gasteiger partial charge in [0, 0.05) is 11.3 Å². The van der Waals surface area contributed by atoms with Crippen LogP contribution in [0, 0.1) is 5.92 Å². The number of carbonyl (C=O) groups is 1. The Morgan fingerprint density at radius 1 is 1.29 bits per heavy atom. The van der Waals surface area contributed by atoms with Gasteiger partial charge in [-0.25, -0.2) is 4.79 Å². The van der Waals surface area contributed by atoms with E-state index in [1.807, 2.05) is 54.5 Å². The molecule has 0 radical (unpaired) electrons. The number of hydrogen-bond donors (Lipinski definition) is 2. The van der Waals surface area contributed by atoms with Gasteiger partial charge in [0.1, 0.15) is 11.4 Å². The number of benzene rings is 1. The smallest absolute Gasteiger partial charge is 0.532 e. The second kappa shape index (κ2) is 8.24. The van der Waals surface area contributed by atoms with Crippen molar-refractivity contribution in [3.8, 4) is 5.75 Å². The molecule has 1 aliphatic rings. The Hall–Kier alpha value is -1.95. The molecule has 0 spiro atoms. The number of rotatable bonds is 2. The third-order valence-corrected chi connectivity index (χ3v) is 3.13. The Kier molecular flexibility index (Phi) is 6.90. The highest BCUT2D eigenvalue weighted by Gasteiger charge is 2.25. The molecule has 2 N–H and O–H groups in total. The highest BCUT2D eigenvalue weighted by Crippen LogP contribution is 2.36. The summed E-state index contributed by atoms with van der Waals surface area (Å²) in [4.78, 5) is 11.8. The molecule has 2 rings (SSSR count). The van der Waals surface area contributed by atoms with Gasteiger partial charge in [0.2, 0.25) is 0 Å². The van der Waals surface area contributed by atoms with Crippen LogP contribution in [0.3, 0.4) is 0 Å². The van der Waals surface area contributed by atoms with Crippen molar-refractivity contribution in [1.29, 1.82) is 0 Å². The topological polar surface area (TPSA) is 67.8 Å². The summed E-state index contributed by atoms with van der Waals surface area (Å²) in [5, 5.41) is 12.4. The predicted molar refractivity (Wildman–Crippen MR) is 99.1 cm³/mol. The van der Waals surface area contributed by atoms with E-state index in [4.69, 9.17) is 9.39 Å². The maximum Gasteiger partial charge on any atom is 0.552 e. The van der Waals surface area contributed by atoms with E-state index in [9.17, 15) is 9.82 Å². The lowest BCUT2D eigenvalue weighted by Gasteiger charge is -2.24. The fraction of sp³-hybridized carbons (Fsp3) is 0.500. The van der Waals surface area contributed by atoms with Crippen LogP contribution in [-0.2, 0) is 4.74 Å². The Balaban J connectivity index is 0.00000139. The van der Waals surface area contributed by atoms with Crippen molar-refractivity contribution in [2.75, 3.05) is 5.32 Å². The van der Waals surface area contributed by atoms with Crippen LogP contribution in [-0.4, -0.2) is 23.8 Å². The summed E-state index contributed by atoms with van der Waals surface area (Å²) in [6.45, 7) is 13.5. The fourth-order valence-electron chi connectivity index (χ4n) is 2.27. The zero-order valence-corrected chi connectivity index (χ0v) is 15.6. The van der Waals surface area contributed by atoms with Crippen molar-refractivity contribution in [1.82, 2.24) is 0 Å². The van der Waals surface area contributed by atoms with E-state index >= 15 is 0 Å². The number of anilines is 1. The fourth-order valence-corrected chi connectivity index (χ4v) is 2.27. The molecule has 132 valence electrons. The molecule has 1 aromatic carbocycles. The van der Waals surface area contributed by atoms with E-state index in [1.165, 1.54) is 0 Å². The highest BCUT2D eigenvalue weighted by atomic mass is 16.6. The molecule has 0 aliphatic carbocycles. The number of hydrogen-bond acceptors (Lipinski definition) is 4. The first kappa shape index (κ1) is 20.1. The Morgan fingerprint density at radius 3 is 2.46 bits per heavy atom. The van der Waals surface area contributed by atoms with Crippen molar-refractivity contribution in [3.05, 3.63) is 29.7 Å². The van der Waals surface area contributed by atoms with Crippen molar-refractivity contribution < 1.29 is 19.2 Å². The van der Waals surface area contributed by atoms with Gasteiger partial charge in [-0.3, -0.25) is 5.32 Å². The van der Waals surface area contributed by atoms with E-state index in [2.05, 4.69) is 5.32 Å². The van der Waals surface area contributed by atoms with Crippen molar-refractivity contribution in [2.24, 2.45) is 5.92 Å². The van der Waals surface area contributed by atoms with E-state index in [0.29, 0.717) is 11.4 Å². The van der Waals surface area contributed by atoms with Crippen LogP contribution >= 0.6 is 0 Å². The Bertz CT molecular complexity index is 606. The van der Waals surface area contributed by atoms with Crippen LogP contribution in [0.25, 0.3) is 5.57 Å². The maximum atomic E-state index is 11.8. The van der Waals surface area contributed by atoms with Crippen LogP contribution in [0.2, 0.25) is 0 Å². The SMILES string of the molecule is CC.CC(C)C1=CB(O)Oc2ccc(NC(=O)OC(C)(C)C)cc21. The van der Waals surface area contributed by atoms with Crippen LogP contribution < -0.4 is 9.97 Å². The monoisotopic (exact) mass is 333 g/mol. The minimum Gasteiger partial charge on any atom is -0.532 e. The molecule has 1 heterocycles. The van der Waals surface area contributed by atoms with E-state index < -0.39 is 18.8 Å². The third-order valence-electron chi connectivity index (χ3n) is 3.13. The summed E-state index contributed by atoms with van der Waals surface area (Å²) in [6.07, 6.45) is -0.501. The van der Waals surface area contributed by atoms with E-state index in [1.54, 1.807) is 18.1 Å². The van der Waals surface area contributed by atoms with Gasteiger partial charge in [0.15, 0.2) is 0 Å². The molecule has 0 fully saturated rings. The van der Waals surface area contributed by atoms with Crippen molar-refractivity contribution in [2.45, 2.75) is 54.1 Å². The van der Waals surface area contributed by atoms with Gasteiger partial charge in [-0.1, -0.05) is 27.7 Å². The average Bonchev–Trinajstić information content (AvgIpc) is 2.46. The van der Waals surface area contributed by atoms with Gasteiger partial charge in [0.25, 0.3) is 0 Å². The van der Waals surface area contributed by atoms with Gasteiger partial charge >= 0.3 is 13.2 Å². The van der Waals surface area contributed by atoms with Gasteiger partial charge in [-0.05, 0) is 56.4 Å². The predicted octanol–water partition coefficient (Wildman–Crippen LogP) is 4.51. The molecule has 0 saturated heterocycles. The van der Waals surface area contributed by atoms with Crippen LogP contribution in [0.15, 0.2) is 24.2 Å². The standard InChI is InChI=1S/C16H22BNO4.C2H6/c1-10(2)13-9-17(20)22-14-7-6-11(8-12(13)14)18-15(19)21-16(3,4)5;1-2/h6-10,20H,1-5H3,(H,18,19);1-2H3. The normalized spacial score (nSPS) is 13.2. The maximum absolute atomic E-state index is 11.8. The van der Waals surface area contributed by atoms with E-state index in [-0.39, 0.29) is 5.92 Å².